The number of rotatable bonds is 8. The first-order chi connectivity index (χ1) is 10.3. The summed E-state index contributed by atoms with van der Waals surface area (Å²) in [6.45, 7) is 5.94. The fourth-order valence-corrected chi connectivity index (χ4v) is 2.22. The third kappa shape index (κ3) is 5.35. The van der Waals surface area contributed by atoms with Crippen molar-refractivity contribution in [3.63, 3.8) is 0 Å². The van der Waals surface area contributed by atoms with Gasteiger partial charge in [-0.15, -0.1) is 0 Å². The second kappa shape index (κ2) is 8.36. The van der Waals surface area contributed by atoms with Crippen LogP contribution in [0.25, 0.3) is 0 Å². The zero-order chi connectivity index (χ0) is 16.7. The first-order valence-electron chi connectivity index (χ1n) is 7.51. The zero-order valence-corrected chi connectivity index (χ0v) is 13.3. The highest BCUT2D eigenvalue weighted by Gasteiger charge is 2.22. The number of hydrogen-bond donors (Lipinski definition) is 2. The number of carboxylic acids is 1. The molecule has 1 amide bonds. The maximum Gasteiger partial charge on any atom is 0.326 e. The normalized spacial score (nSPS) is 12.2. The lowest BCUT2D eigenvalue weighted by Gasteiger charge is -2.17. The summed E-state index contributed by atoms with van der Waals surface area (Å²) in [5.41, 5.74) is 0.845. The smallest absolute Gasteiger partial charge is 0.326 e. The number of carbonyl (C=O) groups excluding carboxylic acids is 1. The van der Waals surface area contributed by atoms with Crippen molar-refractivity contribution in [2.45, 2.75) is 52.6 Å². The van der Waals surface area contributed by atoms with Crippen molar-refractivity contribution < 1.29 is 14.7 Å². The van der Waals surface area contributed by atoms with Crippen molar-refractivity contribution in [1.29, 1.82) is 0 Å². The molecule has 1 atom stereocenters. The molecule has 1 rings (SSSR count). The van der Waals surface area contributed by atoms with E-state index in [4.69, 9.17) is 5.11 Å². The molecule has 6 nitrogen and oxygen atoms in total. The van der Waals surface area contributed by atoms with E-state index in [-0.39, 0.29) is 23.8 Å². The zero-order valence-electron chi connectivity index (χ0n) is 13.3. The molecule has 0 saturated carbocycles. The van der Waals surface area contributed by atoms with Crippen LogP contribution in [0.3, 0.4) is 0 Å². The van der Waals surface area contributed by atoms with E-state index in [1.807, 2.05) is 13.0 Å². The van der Waals surface area contributed by atoms with Crippen LogP contribution in [0.15, 0.2) is 23.0 Å². The molecule has 0 fully saturated rings. The van der Waals surface area contributed by atoms with Gasteiger partial charge in [0.25, 0.3) is 5.56 Å². The minimum Gasteiger partial charge on any atom is -0.480 e. The number of carbonyl (C=O) groups is 2. The van der Waals surface area contributed by atoms with Crippen LogP contribution in [0.2, 0.25) is 0 Å². The number of pyridine rings is 1. The number of unbranched alkanes of at least 4 members (excludes halogenated alkanes) is 1. The number of hydrogen-bond acceptors (Lipinski definition) is 3. The van der Waals surface area contributed by atoms with Crippen molar-refractivity contribution in [3.05, 3.63) is 34.2 Å². The number of carboxylic acid groups (broad SMARTS) is 1. The summed E-state index contributed by atoms with van der Waals surface area (Å²) in [4.78, 5) is 34.5. The summed E-state index contributed by atoms with van der Waals surface area (Å²) < 4.78 is 1.67. The average Bonchev–Trinajstić information content (AvgIpc) is 2.42. The Kier molecular flexibility index (Phi) is 6.82. The number of aryl methyl sites for hydroxylation is 1. The van der Waals surface area contributed by atoms with Crippen molar-refractivity contribution in [1.82, 2.24) is 9.88 Å². The summed E-state index contributed by atoms with van der Waals surface area (Å²) in [5, 5.41) is 11.6. The van der Waals surface area contributed by atoms with E-state index in [1.165, 1.54) is 6.07 Å². The first kappa shape index (κ1) is 17.9. The maximum absolute atomic E-state index is 11.8. The van der Waals surface area contributed by atoms with Gasteiger partial charge in [0, 0.05) is 24.7 Å². The Morgan fingerprint density at radius 3 is 2.50 bits per heavy atom. The fraction of sp³-hybridized carbons (Fsp3) is 0.562. The Morgan fingerprint density at radius 1 is 1.27 bits per heavy atom. The SMILES string of the molecule is Cc1cccc(=O)n1CCCCC(=O)NC(C(=O)O)C(C)C. The van der Waals surface area contributed by atoms with E-state index in [1.54, 1.807) is 24.5 Å². The largest absolute Gasteiger partial charge is 0.480 e. The molecule has 1 heterocycles. The molecule has 0 aliphatic rings. The molecule has 6 heteroatoms. The Balaban J connectivity index is 2.40. The number of aliphatic carboxylic acids is 1. The lowest BCUT2D eigenvalue weighted by Crippen LogP contribution is -2.44. The second-order valence-electron chi connectivity index (χ2n) is 5.74. The molecule has 22 heavy (non-hydrogen) atoms. The molecule has 0 bridgehead atoms. The van der Waals surface area contributed by atoms with Crippen LogP contribution in [0.5, 0.6) is 0 Å². The van der Waals surface area contributed by atoms with Crippen molar-refractivity contribution >= 4 is 11.9 Å². The van der Waals surface area contributed by atoms with E-state index in [9.17, 15) is 14.4 Å². The molecule has 1 unspecified atom stereocenters. The van der Waals surface area contributed by atoms with Gasteiger partial charge in [-0.2, -0.15) is 0 Å². The van der Waals surface area contributed by atoms with E-state index >= 15 is 0 Å². The summed E-state index contributed by atoms with van der Waals surface area (Å²) in [5.74, 6) is -1.44. The minimum atomic E-state index is -1.02. The summed E-state index contributed by atoms with van der Waals surface area (Å²) in [6.07, 6.45) is 1.56. The molecule has 0 saturated heterocycles. The second-order valence-corrected chi connectivity index (χ2v) is 5.74. The lowest BCUT2D eigenvalue weighted by molar-refractivity contribution is -0.143. The molecule has 122 valence electrons. The molecule has 1 aromatic heterocycles. The van der Waals surface area contributed by atoms with Crippen LogP contribution < -0.4 is 10.9 Å². The van der Waals surface area contributed by atoms with Gasteiger partial charge in [0.15, 0.2) is 0 Å². The fourth-order valence-electron chi connectivity index (χ4n) is 2.22. The van der Waals surface area contributed by atoms with Crippen molar-refractivity contribution in [2.75, 3.05) is 0 Å². The molecule has 0 aliphatic heterocycles. The Hall–Kier alpha value is -2.11. The number of aromatic nitrogens is 1. The van der Waals surface area contributed by atoms with E-state index < -0.39 is 12.0 Å². The van der Waals surface area contributed by atoms with Gasteiger partial charge >= 0.3 is 5.97 Å². The van der Waals surface area contributed by atoms with Gasteiger partial charge < -0.3 is 15.0 Å². The van der Waals surface area contributed by atoms with Crippen LogP contribution in [0.4, 0.5) is 0 Å². The molecular weight excluding hydrogens is 284 g/mol. The topological polar surface area (TPSA) is 88.4 Å². The summed E-state index contributed by atoms with van der Waals surface area (Å²) in [7, 11) is 0. The van der Waals surface area contributed by atoms with E-state index in [2.05, 4.69) is 5.32 Å². The van der Waals surface area contributed by atoms with E-state index in [0.29, 0.717) is 19.4 Å². The maximum atomic E-state index is 11.8. The predicted molar refractivity (Wildman–Crippen MR) is 83.7 cm³/mol. The third-order valence-corrected chi connectivity index (χ3v) is 3.55. The van der Waals surface area contributed by atoms with Crippen molar-refractivity contribution in [3.8, 4) is 0 Å². The lowest BCUT2D eigenvalue weighted by atomic mass is 10.0. The van der Waals surface area contributed by atoms with Gasteiger partial charge in [0.2, 0.25) is 5.91 Å². The van der Waals surface area contributed by atoms with Gasteiger partial charge in [0.05, 0.1) is 0 Å². The predicted octanol–water partition coefficient (Wildman–Crippen LogP) is 1.55. The molecule has 0 aliphatic carbocycles. The third-order valence-electron chi connectivity index (χ3n) is 3.55. The highest BCUT2D eigenvalue weighted by molar-refractivity contribution is 5.83. The van der Waals surface area contributed by atoms with E-state index in [0.717, 1.165) is 5.69 Å². The van der Waals surface area contributed by atoms with Crippen LogP contribution in [-0.4, -0.2) is 27.6 Å². The van der Waals surface area contributed by atoms with Gasteiger partial charge in [-0.3, -0.25) is 9.59 Å². The first-order valence-corrected chi connectivity index (χ1v) is 7.51. The molecule has 2 N–H and O–H groups in total. The Morgan fingerprint density at radius 2 is 1.95 bits per heavy atom. The van der Waals surface area contributed by atoms with Gasteiger partial charge in [-0.1, -0.05) is 19.9 Å². The average molecular weight is 308 g/mol. The molecule has 1 aromatic rings. The Bertz CT molecular complexity index is 578. The summed E-state index contributed by atoms with van der Waals surface area (Å²) in [6, 6.07) is 4.25. The molecule has 0 radical (unpaired) electrons. The number of nitrogens with one attached hydrogen (secondary N) is 1. The van der Waals surface area contributed by atoms with Crippen LogP contribution in [0.1, 0.15) is 38.8 Å². The van der Waals surface area contributed by atoms with Crippen LogP contribution in [-0.2, 0) is 16.1 Å². The van der Waals surface area contributed by atoms with Gasteiger partial charge in [-0.05, 0) is 31.7 Å². The standard InChI is InChI=1S/C16H24N2O4/c1-11(2)15(16(21)22)17-13(19)8-4-5-10-18-12(3)7-6-9-14(18)20/h6-7,9,11,15H,4-5,8,10H2,1-3H3,(H,17,19)(H,21,22). The highest BCUT2D eigenvalue weighted by Crippen LogP contribution is 2.05. The quantitative estimate of drug-likeness (QED) is 0.713. The highest BCUT2D eigenvalue weighted by atomic mass is 16.4. The van der Waals surface area contributed by atoms with Crippen LogP contribution in [0, 0.1) is 12.8 Å². The number of amides is 1. The molecule has 0 spiro atoms. The van der Waals surface area contributed by atoms with Gasteiger partial charge in [-0.25, -0.2) is 4.79 Å². The Labute approximate surface area is 130 Å². The monoisotopic (exact) mass is 308 g/mol. The minimum absolute atomic E-state index is 0.0461. The van der Waals surface area contributed by atoms with Gasteiger partial charge in [0.1, 0.15) is 6.04 Å². The molecule has 0 aromatic carbocycles. The summed E-state index contributed by atoms with van der Waals surface area (Å²) >= 11 is 0. The molecular formula is C16H24N2O4. The number of nitrogens with zero attached hydrogens (tertiary/aromatic N) is 1. The van der Waals surface area contributed by atoms with Crippen molar-refractivity contribution in [2.24, 2.45) is 5.92 Å². The van der Waals surface area contributed by atoms with Crippen LogP contribution >= 0.6 is 0 Å².